The lowest BCUT2D eigenvalue weighted by Gasteiger charge is -1.96. The summed E-state index contributed by atoms with van der Waals surface area (Å²) in [6, 6.07) is 0. The maximum absolute atomic E-state index is 4.19. The van der Waals surface area contributed by atoms with E-state index >= 15 is 0 Å². The van der Waals surface area contributed by atoms with Gasteiger partial charge < -0.3 is 0 Å². The summed E-state index contributed by atoms with van der Waals surface area (Å²) in [4.78, 5) is 8.20. The summed E-state index contributed by atoms with van der Waals surface area (Å²) in [7, 11) is 0. The third-order valence-corrected chi connectivity index (χ3v) is 1.42. The molecule has 74 valence electrons. The van der Waals surface area contributed by atoms with Gasteiger partial charge in [-0.3, -0.25) is 9.98 Å². The van der Waals surface area contributed by atoms with Crippen molar-refractivity contribution < 1.29 is 0 Å². The monoisotopic (exact) mass is 188 g/mol. The third-order valence-electron chi connectivity index (χ3n) is 1.42. The molecule has 0 aromatic heterocycles. The van der Waals surface area contributed by atoms with Gasteiger partial charge in [-0.2, -0.15) is 0 Å². The SMILES string of the molecule is C=CC=N/C=C(C)/C(C=C)=N\C=C/C. The highest BCUT2D eigenvalue weighted by Gasteiger charge is 1.93. The normalized spacial score (nSPS) is 13.9. The highest BCUT2D eigenvalue weighted by molar-refractivity contribution is 6.07. The van der Waals surface area contributed by atoms with Crippen LogP contribution in [-0.4, -0.2) is 11.9 Å². The molecule has 0 atom stereocenters. The first kappa shape index (κ1) is 12.3. The Morgan fingerprint density at radius 1 is 1.29 bits per heavy atom. The van der Waals surface area contributed by atoms with Crippen molar-refractivity contribution in [3.63, 3.8) is 0 Å². The molecule has 2 nitrogen and oxygen atoms in total. The van der Waals surface area contributed by atoms with Crippen LogP contribution in [0.25, 0.3) is 0 Å². The number of nitrogens with zero attached hydrogens (tertiary/aromatic N) is 2. The molecule has 0 N–H and O–H groups in total. The van der Waals surface area contributed by atoms with Gasteiger partial charge in [-0.25, -0.2) is 0 Å². The summed E-state index contributed by atoms with van der Waals surface area (Å²) in [6.45, 7) is 11.1. The van der Waals surface area contributed by atoms with Crippen LogP contribution in [0.15, 0.2) is 59.3 Å². The van der Waals surface area contributed by atoms with Crippen molar-refractivity contribution >= 4 is 11.9 Å². The molecule has 0 rings (SSSR count). The lowest BCUT2D eigenvalue weighted by atomic mass is 10.2. The fraction of sp³-hybridized carbons (Fsp3) is 0.167. The molecule has 0 aromatic rings. The Kier molecular flexibility index (Phi) is 6.96. The van der Waals surface area contributed by atoms with E-state index in [1.807, 2.05) is 19.9 Å². The molecule has 0 unspecified atom stereocenters. The van der Waals surface area contributed by atoms with E-state index < -0.39 is 0 Å². The minimum Gasteiger partial charge on any atom is -0.264 e. The first-order chi connectivity index (χ1) is 6.76. The fourth-order valence-electron chi connectivity index (χ4n) is 0.752. The van der Waals surface area contributed by atoms with Crippen LogP contribution in [0.5, 0.6) is 0 Å². The number of hydrogen-bond donors (Lipinski definition) is 0. The van der Waals surface area contributed by atoms with Crippen LogP contribution in [0.4, 0.5) is 0 Å². The summed E-state index contributed by atoms with van der Waals surface area (Å²) < 4.78 is 0. The number of allylic oxidation sites excluding steroid dienone is 4. The molecule has 2 heteroatoms. The number of aliphatic imine (C=N–C) groups is 2. The van der Waals surface area contributed by atoms with Gasteiger partial charge in [0, 0.05) is 18.6 Å². The van der Waals surface area contributed by atoms with Crippen LogP contribution in [-0.2, 0) is 0 Å². The van der Waals surface area contributed by atoms with Crippen LogP contribution < -0.4 is 0 Å². The molecule has 0 aliphatic carbocycles. The number of hydrogen-bond acceptors (Lipinski definition) is 2. The molecule has 0 aliphatic heterocycles. The minimum absolute atomic E-state index is 0.823. The Balaban J connectivity index is 4.68. The van der Waals surface area contributed by atoms with Gasteiger partial charge in [0.2, 0.25) is 0 Å². The zero-order valence-electron chi connectivity index (χ0n) is 8.77. The Bertz CT molecular complexity index is 304. The second-order valence-corrected chi connectivity index (χ2v) is 2.55. The second kappa shape index (κ2) is 7.92. The highest BCUT2D eigenvalue weighted by Crippen LogP contribution is 1.99. The summed E-state index contributed by atoms with van der Waals surface area (Å²) in [5.74, 6) is 0. The van der Waals surface area contributed by atoms with E-state index in [0.29, 0.717) is 0 Å². The summed E-state index contributed by atoms with van der Waals surface area (Å²) in [5, 5.41) is 0. The van der Waals surface area contributed by atoms with Crippen LogP contribution in [0.1, 0.15) is 13.8 Å². The van der Waals surface area contributed by atoms with E-state index in [2.05, 4.69) is 23.1 Å². The average Bonchev–Trinajstić information content (AvgIpc) is 2.19. The molecule has 0 bridgehead atoms. The molecule has 0 fully saturated rings. The van der Waals surface area contributed by atoms with Gasteiger partial charge in [-0.1, -0.05) is 25.3 Å². The van der Waals surface area contributed by atoms with E-state index in [1.165, 1.54) is 0 Å². The molecule has 0 amide bonds. The Labute approximate surface area is 85.8 Å². The molecule has 0 spiro atoms. The fourth-order valence-corrected chi connectivity index (χ4v) is 0.752. The Morgan fingerprint density at radius 2 is 2.00 bits per heavy atom. The molecular weight excluding hydrogens is 172 g/mol. The number of rotatable bonds is 5. The van der Waals surface area contributed by atoms with Crippen LogP contribution >= 0.6 is 0 Å². The predicted molar refractivity (Wildman–Crippen MR) is 64.9 cm³/mol. The van der Waals surface area contributed by atoms with E-state index in [9.17, 15) is 0 Å². The van der Waals surface area contributed by atoms with Gasteiger partial charge in [0.1, 0.15) is 0 Å². The van der Waals surface area contributed by atoms with E-state index in [4.69, 9.17) is 0 Å². The maximum Gasteiger partial charge on any atom is 0.0668 e. The van der Waals surface area contributed by atoms with E-state index in [-0.39, 0.29) is 0 Å². The van der Waals surface area contributed by atoms with Gasteiger partial charge in [0.05, 0.1) is 5.71 Å². The summed E-state index contributed by atoms with van der Waals surface area (Å²) >= 11 is 0. The molecule has 0 aromatic carbocycles. The molecular formula is C12H16N2. The van der Waals surface area contributed by atoms with Crippen molar-refractivity contribution in [2.24, 2.45) is 9.98 Å². The summed E-state index contributed by atoms with van der Waals surface area (Å²) in [5.41, 5.74) is 1.79. The molecule has 0 saturated carbocycles. The average molecular weight is 188 g/mol. The largest absolute Gasteiger partial charge is 0.264 e. The highest BCUT2D eigenvalue weighted by atomic mass is 14.7. The third kappa shape index (κ3) is 5.04. The van der Waals surface area contributed by atoms with Gasteiger partial charge in [-0.05, 0) is 25.5 Å². The van der Waals surface area contributed by atoms with Crippen molar-refractivity contribution in [1.82, 2.24) is 0 Å². The Morgan fingerprint density at radius 3 is 2.50 bits per heavy atom. The summed E-state index contributed by atoms with van der Waals surface area (Å²) in [6.07, 6.45) is 10.3. The van der Waals surface area contributed by atoms with Gasteiger partial charge >= 0.3 is 0 Å². The van der Waals surface area contributed by atoms with Gasteiger partial charge in [0.15, 0.2) is 0 Å². The predicted octanol–water partition coefficient (Wildman–Crippen LogP) is 3.31. The smallest absolute Gasteiger partial charge is 0.0668 e. The molecule has 14 heavy (non-hydrogen) atoms. The van der Waals surface area contributed by atoms with Crippen molar-refractivity contribution in [3.8, 4) is 0 Å². The van der Waals surface area contributed by atoms with Crippen molar-refractivity contribution in [2.45, 2.75) is 13.8 Å². The topological polar surface area (TPSA) is 24.7 Å². The van der Waals surface area contributed by atoms with Crippen molar-refractivity contribution in [1.29, 1.82) is 0 Å². The van der Waals surface area contributed by atoms with E-state index in [0.717, 1.165) is 11.3 Å². The van der Waals surface area contributed by atoms with Gasteiger partial charge in [0.25, 0.3) is 0 Å². The maximum atomic E-state index is 4.19. The van der Waals surface area contributed by atoms with Crippen LogP contribution in [0, 0.1) is 0 Å². The molecule has 0 aliphatic rings. The van der Waals surface area contributed by atoms with Crippen molar-refractivity contribution in [3.05, 3.63) is 49.4 Å². The lowest BCUT2D eigenvalue weighted by molar-refractivity contribution is 1.43. The van der Waals surface area contributed by atoms with Gasteiger partial charge in [-0.15, -0.1) is 0 Å². The second-order valence-electron chi connectivity index (χ2n) is 2.55. The molecule has 0 saturated heterocycles. The minimum atomic E-state index is 0.823. The molecule has 0 radical (unpaired) electrons. The van der Waals surface area contributed by atoms with E-state index in [1.54, 1.807) is 30.8 Å². The van der Waals surface area contributed by atoms with Crippen molar-refractivity contribution in [2.75, 3.05) is 0 Å². The molecule has 0 heterocycles. The van der Waals surface area contributed by atoms with Crippen LogP contribution in [0.3, 0.4) is 0 Å². The lowest BCUT2D eigenvalue weighted by Crippen LogP contribution is -1.93. The van der Waals surface area contributed by atoms with Crippen LogP contribution in [0.2, 0.25) is 0 Å². The standard InChI is InChI=1S/C12H16N2/c1-5-8-13-10-11(4)12(7-3)14-9-6-2/h5-10H,1,3H2,2,4H3/b9-6-,11-10+,13-8?,14-12-. The Hall–Kier alpha value is -1.70. The zero-order valence-corrected chi connectivity index (χ0v) is 8.77. The first-order valence-corrected chi connectivity index (χ1v) is 4.39. The quantitative estimate of drug-likeness (QED) is 0.591. The zero-order chi connectivity index (χ0) is 10.8. The first-order valence-electron chi connectivity index (χ1n) is 4.39.